The summed E-state index contributed by atoms with van der Waals surface area (Å²) in [5.41, 5.74) is 1.75. The lowest BCUT2D eigenvalue weighted by atomic mass is 10.2. The predicted octanol–water partition coefficient (Wildman–Crippen LogP) is 2.42. The van der Waals surface area contributed by atoms with E-state index in [0.29, 0.717) is 10.7 Å². The number of nitrogens with one attached hydrogen (secondary N) is 2. The number of hydrogen-bond acceptors (Lipinski definition) is 4. The molecular weight excluding hydrogens is 318 g/mol. The molecule has 0 aliphatic rings. The van der Waals surface area contributed by atoms with E-state index in [2.05, 4.69) is 15.6 Å². The van der Waals surface area contributed by atoms with Crippen molar-refractivity contribution in [3.05, 3.63) is 52.7 Å². The zero-order chi connectivity index (χ0) is 16.8. The second kappa shape index (κ2) is 7.60. The van der Waals surface area contributed by atoms with E-state index in [9.17, 15) is 9.59 Å². The van der Waals surface area contributed by atoms with Gasteiger partial charge in [0.1, 0.15) is 5.56 Å². The molecule has 0 spiro atoms. The smallest absolute Gasteiger partial charge is 0.257 e. The maximum atomic E-state index is 12.1. The molecule has 6 nitrogen and oxygen atoms in total. The summed E-state index contributed by atoms with van der Waals surface area (Å²) >= 11 is 6.04. The van der Waals surface area contributed by atoms with Crippen molar-refractivity contribution in [3.63, 3.8) is 0 Å². The van der Waals surface area contributed by atoms with Gasteiger partial charge in [-0.2, -0.15) is 0 Å². The highest BCUT2D eigenvalue weighted by Gasteiger charge is 2.14. The second-order valence-corrected chi connectivity index (χ2v) is 5.18. The maximum Gasteiger partial charge on any atom is 0.257 e. The van der Waals surface area contributed by atoms with E-state index in [1.807, 2.05) is 13.0 Å². The standard InChI is InChI=1S/C16H16ClN3O3/c1-10-5-6-13(12(17)8-10)20-14(21)9-19-15(22)11-4-3-7-18-16(11)23-2/h3-8H,9H2,1-2H3,(H,19,22)(H,20,21). The summed E-state index contributed by atoms with van der Waals surface area (Å²) in [6, 6.07) is 8.47. The highest BCUT2D eigenvalue weighted by molar-refractivity contribution is 6.33. The molecule has 23 heavy (non-hydrogen) atoms. The molecule has 2 amide bonds. The quantitative estimate of drug-likeness (QED) is 0.880. The molecular formula is C16H16ClN3O3. The number of benzene rings is 1. The fraction of sp³-hybridized carbons (Fsp3) is 0.188. The van der Waals surface area contributed by atoms with Crippen LogP contribution in [0.4, 0.5) is 5.69 Å². The van der Waals surface area contributed by atoms with Crippen LogP contribution in [0.1, 0.15) is 15.9 Å². The van der Waals surface area contributed by atoms with Crippen molar-refractivity contribution >= 4 is 29.1 Å². The van der Waals surface area contributed by atoms with Crippen LogP contribution in [-0.4, -0.2) is 30.5 Å². The van der Waals surface area contributed by atoms with Gasteiger partial charge in [0.2, 0.25) is 11.8 Å². The van der Waals surface area contributed by atoms with Gasteiger partial charge in [0, 0.05) is 6.20 Å². The number of aromatic nitrogens is 1. The summed E-state index contributed by atoms with van der Waals surface area (Å²) < 4.78 is 5.01. The van der Waals surface area contributed by atoms with E-state index in [0.717, 1.165) is 5.56 Å². The molecule has 2 aromatic rings. The molecule has 0 aliphatic heterocycles. The Balaban J connectivity index is 1.95. The molecule has 0 saturated carbocycles. The van der Waals surface area contributed by atoms with Gasteiger partial charge < -0.3 is 15.4 Å². The van der Waals surface area contributed by atoms with Gasteiger partial charge in [-0.3, -0.25) is 9.59 Å². The summed E-state index contributed by atoms with van der Waals surface area (Å²) in [5.74, 6) is -0.626. The number of amides is 2. The van der Waals surface area contributed by atoms with Crippen molar-refractivity contribution in [3.8, 4) is 5.88 Å². The van der Waals surface area contributed by atoms with E-state index in [1.165, 1.54) is 13.3 Å². The number of ether oxygens (including phenoxy) is 1. The number of carbonyl (C=O) groups is 2. The normalized spacial score (nSPS) is 10.0. The summed E-state index contributed by atoms with van der Waals surface area (Å²) in [6.45, 7) is 1.71. The van der Waals surface area contributed by atoms with Crippen molar-refractivity contribution in [1.29, 1.82) is 0 Å². The Hall–Kier alpha value is -2.60. The molecule has 0 atom stereocenters. The van der Waals surface area contributed by atoms with Crippen LogP contribution in [0.25, 0.3) is 0 Å². The minimum atomic E-state index is -0.444. The van der Waals surface area contributed by atoms with Crippen molar-refractivity contribution in [1.82, 2.24) is 10.3 Å². The molecule has 1 heterocycles. The molecule has 0 aliphatic carbocycles. The summed E-state index contributed by atoms with van der Waals surface area (Å²) in [6.07, 6.45) is 1.52. The molecule has 1 aromatic carbocycles. The Morgan fingerprint density at radius 3 is 2.78 bits per heavy atom. The number of carbonyl (C=O) groups excluding carboxylic acids is 2. The minimum Gasteiger partial charge on any atom is -0.480 e. The number of anilines is 1. The van der Waals surface area contributed by atoms with Gasteiger partial charge in [-0.05, 0) is 36.8 Å². The first-order valence-electron chi connectivity index (χ1n) is 6.84. The molecule has 7 heteroatoms. The number of nitrogens with zero attached hydrogens (tertiary/aromatic N) is 1. The molecule has 0 radical (unpaired) electrons. The Morgan fingerprint density at radius 1 is 1.30 bits per heavy atom. The van der Waals surface area contributed by atoms with Gasteiger partial charge in [-0.15, -0.1) is 0 Å². The number of rotatable bonds is 5. The van der Waals surface area contributed by atoms with Crippen LogP contribution in [-0.2, 0) is 4.79 Å². The first-order chi connectivity index (χ1) is 11.0. The lowest BCUT2D eigenvalue weighted by Crippen LogP contribution is -2.33. The molecule has 0 fully saturated rings. The highest BCUT2D eigenvalue weighted by Crippen LogP contribution is 2.22. The zero-order valence-electron chi connectivity index (χ0n) is 12.7. The molecule has 0 saturated heterocycles. The first kappa shape index (κ1) is 16.8. The van der Waals surface area contributed by atoms with E-state index >= 15 is 0 Å². The number of methoxy groups -OCH3 is 1. The lowest BCUT2D eigenvalue weighted by Gasteiger charge is -2.10. The monoisotopic (exact) mass is 333 g/mol. The minimum absolute atomic E-state index is 0.193. The Bertz CT molecular complexity index is 734. The van der Waals surface area contributed by atoms with E-state index in [4.69, 9.17) is 16.3 Å². The predicted molar refractivity (Wildman–Crippen MR) is 87.9 cm³/mol. The summed E-state index contributed by atoms with van der Waals surface area (Å²) in [7, 11) is 1.42. The summed E-state index contributed by atoms with van der Waals surface area (Å²) in [4.78, 5) is 27.9. The number of aryl methyl sites for hydroxylation is 1. The van der Waals surface area contributed by atoms with Gasteiger partial charge in [-0.25, -0.2) is 4.98 Å². The average molecular weight is 334 g/mol. The fourth-order valence-electron chi connectivity index (χ4n) is 1.90. The molecule has 2 N–H and O–H groups in total. The van der Waals surface area contributed by atoms with Gasteiger partial charge in [0.25, 0.3) is 5.91 Å². The second-order valence-electron chi connectivity index (χ2n) is 4.77. The van der Waals surface area contributed by atoms with Gasteiger partial charge >= 0.3 is 0 Å². The van der Waals surface area contributed by atoms with Gasteiger partial charge in [0.15, 0.2) is 0 Å². The van der Waals surface area contributed by atoms with E-state index in [-0.39, 0.29) is 23.9 Å². The van der Waals surface area contributed by atoms with Crippen LogP contribution in [0, 0.1) is 6.92 Å². The van der Waals surface area contributed by atoms with Gasteiger partial charge in [0.05, 0.1) is 24.4 Å². The third kappa shape index (κ3) is 4.43. The fourth-order valence-corrected chi connectivity index (χ4v) is 2.18. The van der Waals surface area contributed by atoms with Crippen molar-refractivity contribution in [2.24, 2.45) is 0 Å². The van der Waals surface area contributed by atoms with Crippen LogP contribution in [0.15, 0.2) is 36.5 Å². The third-order valence-electron chi connectivity index (χ3n) is 3.02. The Labute approximate surface area is 138 Å². The summed E-state index contributed by atoms with van der Waals surface area (Å²) in [5, 5.41) is 5.59. The topological polar surface area (TPSA) is 80.3 Å². The third-order valence-corrected chi connectivity index (χ3v) is 3.33. The lowest BCUT2D eigenvalue weighted by molar-refractivity contribution is -0.115. The molecule has 0 unspecified atom stereocenters. The molecule has 0 bridgehead atoms. The molecule has 120 valence electrons. The molecule has 1 aromatic heterocycles. The maximum absolute atomic E-state index is 12.1. The van der Waals surface area contributed by atoms with Gasteiger partial charge in [-0.1, -0.05) is 17.7 Å². The van der Waals surface area contributed by atoms with Crippen LogP contribution < -0.4 is 15.4 Å². The zero-order valence-corrected chi connectivity index (χ0v) is 13.5. The van der Waals surface area contributed by atoms with Crippen molar-refractivity contribution in [2.45, 2.75) is 6.92 Å². The number of pyridine rings is 1. The molecule has 2 rings (SSSR count). The van der Waals surface area contributed by atoms with Crippen LogP contribution in [0.3, 0.4) is 0 Å². The SMILES string of the molecule is COc1ncccc1C(=O)NCC(=O)Nc1ccc(C)cc1Cl. The van der Waals surface area contributed by atoms with E-state index in [1.54, 1.807) is 24.3 Å². The van der Waals surface area contributed by atoms with Crippen LogP contribution in [0.2, 0.25) is 5.02 Å². The highest BCUT2D eigenvalue weighted by atomic mass is 35.5. The first-order valence-corrected chi connectivity index (χ1v) is 7.22. The van der Waals surface area contributed by atoms with Crippen LogP contribution >= 0.6 is 11.6 Å². The van der Waals surface area contributed by atoms with Crippen molar-refractivity contribution in [2.75, 3.05) is 19.0 Å². The Morgan fingerprint density at radius 2 is 2.09 bits per heavy atom. The van der Waals surface area contributed by atoms with Crippen molar-refractivity contribution < 1.29 is 14.3 Å². The van der Waals surface area contributed by atoms with Crippen LogP contribution in [0.5, 0.6) is 5.88 Å². The average Bonchev–Trinajstić information content (AvgIpc) is 2.55. The Kier molecular flexibility index (Phi) is 5.54. The number of hydrogen-bond donors (Lipinski definition) is 2. The number of halogens is 1. The van der Waals surface area contributed by atoms with E-state index < -0.39 is 5.91 Å². The largest absolute Gasteiger partial charge is 0.480 e.